The zero-order valence-electron chi connectivity index (χ0n) is 21.5. The maximum absolute atomic E-state index is 15.0. The molecule has 2 fully saturated rings. The minimum atomic E-state index is -0.645. The Morgan fingerprint density at radius 1 is 1.10 bits per heavy atom. The number of nitrogens with zero attached hydrogens (tertiary/aromatic N) is 6. The van der Waals surface area contributed by atoms with Crippen molar-refractivity contribution >= 4 is 28.7 Å². The van der Waals surface area contributed by atoms with Gasteiger partial charge in [-0.1, -0.05) is 6.07 Å². The number of carbonyl (C=O) groups is 1. The second kappa shape index (κ2) is 9.33. The molecule has 2 aliphatic heterocycles. The molecule has 0 bridgehead atoms. The molecule has 4 aromatic rings. The number of aryl methyl sites for hydroxylation is 1. The van der Waals surface area contributed by atoms with Crippen LogP contribution in [0.5, 0.6) is 0 Å². The van der Waals surface area contributed by atoms with E-state index in [0.717, 1.165) is 55.5 Å². The van der Waals surface area contributed by atoms with E-state index in [1.165, 1.54) is 6.07 Å². The zero-order chi connectivity index (χ0) is 26.7. The summed E-state index contributed by atoms with van der Waals surface area (Å²) in [6.07, 6.45) is 5.68. The maximum atomic E-state index is 15.0. The molecule has 1 saturated heterocycles. The molecule has 3 aromatic heterocycles. The van der Waals surface area contributed by atoms with Crippen LogP contribution in [0, 0.1) is 18.6 Å². The molecule has 5 heterocycles. The molecule has 3 aliphatic rings. The number of nitrogens with one attached hydrogen (secondary N) is 2. The smallest absolute Gasteiger partial charge is 0.240 e. The van der Waals surface area contributed by atoms with Crippen LogP contribution >= 0.6 is 0 Å². The minimum Gasteiger partial charge on any atom is -0.337 e. The Kier molecular flexibility index (Phi) is 5.76. The summed E-state index contributed by atoms with van der Waals surface area (Å²) in [5, 5.41) is 6.34. The van der Waals surface area contributed by atoms with Crippen LogP contribution in [0.3, 0.4) is 0 Å². The Morgan fingerprint density at radius 3 is 2.77 bits per heavy atom. The van der Waals surface area contributed by atoms with Crippen molar-refractivity contribution in [3.8, 4) is 11.3 Å². The number of aromatic nitrogens is 5. The van der Waals surface area contributed by atoms with Crippen LogP contribution < -0.4 is 10.6 Å². The van der Waals surface area contributed by atoms with Gasteiger partial charge in [-0.25, -0.2) is 28.7 Å². The number of amides is 1. The zero-order valence-corrected chi connectivity index (χ0v) is 21.5. The van der Waals surface area contributed by atoms with Gasteiger partial charge in [-0.15, -0.1) is 0 Å². The number of pyridine rings is 1. The average molecular weight is 531 g/mol. The molecule has 1 aromatic carbocycles. The van der Waals surface area contributed by atoms with Crippen LogP contribution in [0.15, 0.2) is 30.5 Å². The van der Waals surface area contributed by atoms with Crippen LogP contribution in [-0.2, 0) is 17.8 Å². The first-order valence-corrected chi connectivity index (χ1v) is 13.4. The number of hydrogen-bond acceptors (Lipinski definition) is 7. The van der Waals surface area contributed by atoms with E-state index in [1.807, 2.05) is 22.5 Å². The first-order valence-electron chi connectivity index (χ1n) is 13.4. The Hall–Kier alpha value is -3.99. The van der Waals surface area contributed by atoms with Crippen molar-refractivity contribution in [3.05, 3.63) is 59.2 Å². The van der Waals surface area contributed by atoms with Crippen molar-refractivity contribution in [1.82, 2.24) is 34.7 Å². The Labute approximate surface area is 223 Å². The number of anilines is 2. The van der Waals surface area contributed by atoms with Crippen molar-refractivity contribution in [2.75, 3.05) is 18.4 Å². The highest BCUT2D eigenvalue weighted by Crippen LogP contribution is 2.40. The van der Waals surface area contributed by atoms with E-state index in [9.17, 15) is 9.18 Å². The molecule has 11 heteroatoms. The molecule has 1 saturated carbocycles. The average Bonchev–Trinajstić information content (AvgIpc) is 3.48. The highest BCUT2D eigenvalue weighted by molar-refractivity contribution is 5.83. The summed E-state index contributed by atoms with van der Waals surface area (Å²) in [6, 6.07) is 6.98. The second-order valence-corrected chi connectivity index (χ2v) is 10.6. The molecule has 1 aliphatic carbocycles. The van der Waals surface area contributed by atoms with Crippen LogP contribution in [0.2, 0.25) is 0 Å². The largest absolute Gasteiger partial charge is 0.337 e. The van der Waals surface area contributed by atoms with Crippen molar-refractivity contribution in [2.45, 2.75) is 57.7 Å². The van der Waals surface area contributed by atoms with Gasteiger partial charge in [0.2, 0.25) is 11.9 Å². The third-order valence-corrected chi connectivity index (χ3v) is 7.81. The third-order valence-electron chi connectivity index (χ3n) is 7.81. The van der Waals surface area contributed by atoms with E-state index in [1.54, 1.807) is 12.1 Å². The number of halogens is 2. The van der Waals surface area contributed by atoms with Gasteiger partial charge in [0.05, 0.1) is 17.8 Å². The molecule has 2 N–H and O–H groups in total. The van der Waals surface area contributed by atoms with Gasteiger partial charge >= 0.3 is 0 Å². The number of fused-ring (bicyclic) bond motifs is 2. The molecule has 0 spiro atoms. The monoisotopic (exact) mass is 530 g/mol. The quantitative estimate of drug-likeness (QED) is 0.399. The van der Waals surface area contributed by atoms with Gasteiger partial charge in [-0.3, -0.25) is 4.79 Å². The van der Waals surface area contributed by atoms with Gasteiger partial charge in [0.25, 0.3) is 0 Å². The number of hydrogen-bond donors (Lipinski definition) is 2. The fourth-order valence-electron chi connectivity index (χ4n) is 5.73. The minimum absolute atomic E-state index is 0.00198. The van der Waals surface area contributed by atoms with Crippen molar-refractivity contribution in [3.63, 3.8) is 0 Å². The normalized spacial score (nSPS) is 18.9. The molecule has 0 radical (unpaired) electrons. The third kappa shape index (κ3) is 4.40. The topological polar surface area (TPSA) is 101 Å². The molecule has 200 valence electrons. The summed E-state index contributed by atoms with van der Waals surface area (Å²) < 4.78 is 31.9. The van der Waals surface area contributed by atoms with E-state index in [4.69, 9.17) is 4.98 Å². The summed E-state index contributed by atoms with van der Waals surface area (Å²) in [6.45, 7) is 3.89. The standard InChI is InChI=1S/C28H28F2N8O/c1-15-33-26-19(29)11-17(12-23(26)38(15)18-5-6-18)25-20(30)13-32-28(36-25)35-24-7-4-16-14-37(10-8-21(16)34-24)27(39)22-3-2-9-31-22/h4,7,11-13,18,22,31H,2-3,5-6,8-10,14H2,1H3,(H,32,34,35,36)/t22-/m0/s1. The number of rotatable bonds is 5. The molecule has 39 heavy (non-hydrogen) atoms. The fourth-order valence-corrected chi connectivity index (χ4v) is 5.73. The number of carbonyl (C=O) groups excluding carboxylic acids is 1. The highest BCUT2D eigenvalue weighted by atomic mass is 19.1. The first kappa shape index (κ1) is 24.1. The van der Waals surface area contributed by atoms with Crippen LogP contribution in [0.1, 0.15) is 48.8 Å². The van der Waals surface area contributed by atoms with Gasteiger partial charge in [-0.05, 0) is 62.9 Å². The first-order chi connectivity index (χ1) is 18.9. The highest BCUT2D eigenvalue weighted by Gasteiger charge is 2.30. The number of benzene rings is 1. The molecule has 1 amide bonds. The van der Waals surface area contributed by atoms with E-state index >= 15 is 4.39 Å². The van der Waals surface area contributed by atoms with E-state index in [0.29, 0.717) is 42.5 Å². The second-order valence-electron chi connectivity index (χ2n) is 10.6. The van der Waals surface area contributed by atoms with Gasteiger partial charge in [-0.2, -0.15) is 0 Å². The lowest BCUT2D eigenvalue weighted by Gasteiger charge is -2.30. The summed E-state index contributed by atoms with van der Waals surface area (Å²) >= 11 is 0. The predicted octanol–water partition coefficient (Wildman–Crippen LogP) is 4.19. The van der Waals surface area contributed by atoms with Gasteiger partial charge in [0.1, 0.15) is 22.9 Å². The molecular weight excluding hydrogens is 502 g/mol. The molecule has 9 nitrogen and oxygen atoms in total. The SMILES string of the molecule is Cc1nc2c(F)cc(-c3nc(Nc4ccc5c(n4)CCN(C(=O)[C@@H]4CCCN4)C5)ncc3F)cc2n1C1CC1. The van der Waals surface area contributed by atoms with Crippen LogP contribution in [0.25, 0.3) is 22.3 Å². The molecule has 7 rings (SSSR count). The number of imidazole rings is 1. The van der Waals surface area contributed by atoms with Crippen molar-refractivity contribution < 1.29 is 13.6 Å². The van der Waals surface area contributed by atoms with Crippen LogP contribution in [-0.4, -0.2) is 54.4 Å². The summed E-state index contributed by atoms with van der Waals surface area (Å²) in [5.74, 6) is 0.421. The Bertz CT molecular complexity index is 1610. The van der Waals surface area contributed by atoms with Crippen molar-refractivity contribution in [2.24, 2.45) is 0 Å². The summed E-state index contributed by atoms with van der Waals surface area (Å²) in [5.41, 5.74) is 3.16. The van der Waals surface area contributed by atoms with Gasteiger partial charge < -0.3 is 20.1 Å². The predicted molar refractivity (Wildman–Crippen MR) is 141 cm³/mol. The summed E-state index contributed by atoms with van der Waals surface area (Å²) in [4.78, 5) is 32.3. The maximum Gasteiger partial charge on any atom is 0.240 e. The molecule has 1 atom stereocenters. The Morgan fingerprint density at radius 2 is 1.97 bits per heavy atom. The fraction of sp³-hybridized carbons (Fsp3) is 0.393. The van der Waals surface area contributed by atoms with Gasteiger partial charge in [0, 0.05) is 36.8 Å². The van der Waals surface area contributed by atoms with E-state index in [2.05, 4.69) is 25.6 Å². The van der Waals surface area contributed by atoms with E-state index in [-0.39, 0.29) is 29.1 Å². The Balaban J connectivity index is 1.14. The summed E-state index contributed by atoms with van der Waals surface area (Å²) in [7, 11) is 0. The lowest BCUT2D eigenvalue weighted by atomic mass is 10.0. The lowest BCUT2D eigenvalue weighted by molar-refractivity contribution is -0.134. The van der Waals surface area contributed by atoms with E-state index < -0.39 is 11.6 Å². The lowest BCUT2D eigenvalue weighted by Crippen LogP contribution is -2.45. The molecule has 0 unspecified atom stereocenters. The van der Waals surface area contributed by atoms with Gasteiger partial charge in [0.15, 0.2) is 11.6 Å². The molecular formula is C28H28F2N8O. The van der Waals surface area contributed by atoms with Crippen molar-refractivity contribution in [1.29, 1.82) is 0 Å². The van der Waals surface area contributed by atoms with Crippen LogP contribution in [0.4, 0.5) is 20.5 Å².